The van der Waals surface area contributed by atoms with Gasteiger partial charge in [-0.25, -0.2) is 9.97 Å². The van der Waals surface area contributed by atoms with Gasteiger partial charge >= 0.3 is 5.97 Å². The molecule has 0 unspecified atom stereocenters. The maximum Gasteiger partial charge on any atom is 0.312 e. The van der Waals surface area contributed by atoms with Crippen molar-refractivity contribution in [3.63, 3.8) is 0 Å². The SMILES string of the molecule is CC(C)(C)N1CCC2(CC1)OC(=O)Cc1ncncc12. The standard InChI is InChI=1S/C15H21N3O2/c1-14(2,3)18-6-4-15(5-7-18)11-9-16-10-17-12(11)8-13(19)20-15/h9-10H,4-8H2,1-3H3. The van der Waals surface area contributed by atoms with Crippen molar-refractivity contribution in [2.75, 3.05) is 13.1 Å². The van der Waals surface area contributed by atoms with E-state index in [1.807, 2.05) is 6.20 Å². The predicted molar refractivity (Wildman–Crippen MR) is 74.1 cm³/mol. The minimum atomic E-state index is -0.506. The highest BCUT2D eigenvalue weighted by molar-refractivity contribution is 5.75. The average Bonchev–Trinajstić information content (AvgIpc) is 2.38. The van der Waals surface area contributed by atoms with Crippen LogP contribution in [-0.2, 0) is 21.6 Å². The molecule has 5 heteroatoms. The molecule has 0 aromatic carbocycles. The summed E-state index contributed by atoms with van der Waals surface area (Å²) in [6.45, 7) is 8.50. The van der Waals surface area contributed by atoms with Crippen molar-refractivity contribution in [2.24, 2.45) is 0 Å². The second-order valence-electron chi connectivity index (χ2n) is 6.69. The first-order valence-corrected chi connectivity index (χ1v) is 7.17. The Labute approximate surface area is 119 Å². The third kappa shape index (κ3) is 2.20. The van der Waals surface area contributed by atoms with E-state index in [0.29, 0.717) is 0 Å². The van der Waals surface area contributed by atoms with Crippen LogP contribution >= 0.6 is 0 Å². The lowest BCUT2D eigenvalue weighted by atomic mass is 9.80. The van der Waals surface area contributed by atoms with Crippen LogP contribution in [0, 0.1) is 0 Å². The number of likely N-dealkylation sites (tertiary alicyclic amines) is 1. The smallest absolute Gasteiger partial charge is 0.312 e. The lowest BCUT2D eigenvalue weighted by Crippen LogP contribution is -2.53. The molecule has 108 valence electrons. The second-order valence-corrected chi connectivity index (χ2v) is 6.69. The number of piperidine rings is 1. The predicted octanol–water partition coefficient (Wildman–Crippen LogP) is 1.67. The first-order valence-electron chi connectivity index (χ1n) is 7.17. The number of nitrogens with zero attached hydrogens (tertiary/aromatic N) is 3. The van der Waals surface area contributed by atoms with Gasteiger partial charge in [0.05, 0.1) is 12.1 Å². The third-order valence-corrected chi connectivity index (χ3v) is 4.43. The number of fused-ring (bicyclic) bond motifs is 2. The fourth-order valence-corrected chi connectivity index (χ4v) is 3.23. The summed E-state index contributed by atoms with van der Waals surface area (Å²) in [6, 6.07) is 0. The molecule has 0 radical (unpaired) electrons. The highest BCUT2D eigenvalue weighted by atomic mass is 16.6. The van der Waals surface area contributed by atoms with Gasteiger partial charge in [-0.2, -0.15) is 0 Å². The number of aromatic nitrogens is 2. The minimum absolute atomic E-state index is 0.149. The van der Waals surface area contributed by atoms with E-state index in [9.17, 15) is 4.79 Å². The maximum atomic E-state index is 11.9. The molecule has 0 N–H and O–H groups in total. The first kappa shape index (κ1) is 13.5. The summed E-state index contributed by atoms with van der Waals surface area (Å²) in [4.78, 5) is 22.7. The van der Waals surface area contributed by atoms with Gasteiger partial charge in [-0.3, -0.25) is 9.69 Å². The van der Waals surface area contributed by atoms with Crippen molar-refractivity contribution in [3.8, 4) is 0 Å². The Morgan fingerprint density at radius 1 is 1.30 bits per heavy atom. The van der Waals surface area contributed by atoms with Crippen LogP contribution in [-0.4, -0.2) is 39.5 Å². The third-order valence-electron chi connectivity index (χ3n) is 4.43. The summed E-state index contributed by atoms with van der Waals surface area (Å²) in [5.41, 5.74) is 1.48. The molecule has 0 saturated carbocycles. The number of hydrogen-bond acceptors (Lipinski definition) is 5. The number of hydrogen-bond donors (Lipinski definition) is 0. The average molecular weight is 275 g/mol. The number of esters is 1. The van der Waals surface area contributed by atoms with Crippen molar-refractivity contribution in [1.82, 2.24) is 14.9 Å². The van der Waals surface area contributed by atoms with Crippen LogP contribution in [0.4, 0.5) is 0 Å². The van der Waals surface area contributed by atoms with Gasteiger partial charge in [0.25, 0.3) is 0 Å². The van der Waals surface area contributed by atoms with Gasteiger partial charge in [-0.1, -0.05) is 0 Å². The summed E-state index contributed by atoms with van der Waals surface area (Å²) >= 11 is 0. The molecule has 1 spiro atoms. The van der Waals surface area contributed by atoms with Gasteiger partial charge < -0.3 is 4.74 Å². The summed E-state index contributed by atoms with van der Waals surface area (Å²) in [5, 5.41) is 0. The minimum Gasteiger partial charge on any atom is -0.454 e. The van der Waals surface area contributed by atoms with Gasteiger partial charge in [0.1, 0.15) is 11.9 Å². The monoisotopic (exact) mass is 275 g/mol. The molecule has 1 saturated heterocycles. The largest absolute Gasteiger partial charge is 0.454 e. The van der Waals surface area contributed by atoms with Crippen LogP contribution in [0.2, 0.25) is 0 Å². The molecule has 5 nitrogen and oxygen atoms in total. The van der Waals surface area contributed by atoms with Crippen molar-refractivity contribution >= 4 is 5.97 Å². The molecule has 0 amide bonds. The first-order chi connectivity index (χ1) is 9.41. The number of rotatable bonds is 0. The zero-order valence-corrected chi connectivity index (χ0v) is 12.3. The molecule has 2 aliphatic rings. The maximum absolute atomic E-state index is 11.9. The zero-order valence-electron chi connectivity index (χ0n) is 12.3. The molecule has 0 aliphatic carbocycles. The lowest BCUT2D eigenvalue weighted by molar-refractivity contribution is -0.170. The van der Waals surface area contributed by atoms with Gasteiger partial charge in [0.15, 0.2) is 0 Å². The molecule has 2 aliphatic heterocycles. The fourth-order valence-electron chi connectivity index (χ4n) is 3.23. The van der Waals surface area contributed by atoms with Crippen LogP contribution in [0.3, 0.4) is 0 Å². The molecule has 0 bridgehead atoms. The van der Waals surface area contributed by atoms with E-state index in [0.717, 1.165) is 37.2 Å². The molecule has 3 heterocycles. The Balaban J connectivity index is 1.89. The molecule has 1 aromatic heterocycles. The van der Waals surface area contributed by atoms with Crippen LogP contribution < -0.4 is 0 Å². The van der Waals surface area contributed by atoms with Gasteiger partial charge in [-0.15, -0.1) is 0 Å². The van der Waals surface area contributed by atoms with E-state index in [4.69, 9.17) is 4.74 Å². The number of ether oxygens (including phenoxy) is 1. The topological polar surface area (TPSA) is 55.3 Å². The molecular formula is C15H21N3O2. The molecule has 20 heavy (non-hydrogen) atoms. The van der Waals surface area contributed by atoms with E-state index >= 15 is 0 Å². The Morgan fingerprint density at radius 2 is 2.00 bits per heavy atom. The van der Waals surface area contributed by atoms with Gasteiger partial charge in [0, 0.05) is 43.2 Å². The Bertz CT molecular complexity index is 528. The molecule has 1 fully saturated rings. The van der Waals surface area contributed by atoms with Gasteiger partial charge in [0.2, 0.25) is 0 Å². The van der Waals surface area contributed by atoms with Crippen molar-refractivity contribution in [1.29, 1.82) is 0 Å². The highest BCUT2D eigenvalue weighted by Crippen LogP contribution is 2.41. The van der Waals surface area contributed by atoms with E-state index in [1.54, 1.807) is 0 Å². The van der Waals surface area contributed by atoms with Crippen molar-refractivity contribution in [3.05, 3.63) is 23.8 Å². The number of carbonyl (C=O) groups is 1. The quantitative estimate of drug-likeness (QED) is 0.674. The lowest BCUT2D eigenvalue weighted by Gasteiger charge is -2.47. The van der Waals surface area contributed by atoms with Crippen molar-refractivity contribution < 1.29 is 9.53 Å². The van der Waals surface area contributed by atoms with Crippen LogP contribution in [0.1, 0.15) is 44.9 Å². The van der Waals surface area contributed by atoms with E-state index in [1.165, 1.54) is 6.33 Å². The summed E-state index contributed by atoms with van der Waals surface area (Å²) in [6.07, 6.45) is 5.23. The fraction of sp³-hybridized carbons (Fsp3) is 0.667. The Kier molecular flexibility index (Phi) is 3.05. The van der Waals surface area contributed by atoms with E-state index in [2.05, 4.69) is 35.6 Å². The Hall–Kier alpha value is -1.49. The normalized spacial score (nSPS) is 22.4. The Morgan fingerprint density at radius 3 is 2.65 bits per heavy atom. The molecule has 1 aromatic rings. The van der Waals surface area contributed by atoms with Crippen LogP contribution in [0.15, 0.2) is 12.5 Å². The van der Waals surface area contributed by atoms with Crippen molar-refractivity contribution in [2.45, 2.75) is 51.2 Å². The zero-order chi connectivity index (χ0) is 14.4. The molecule has 0 atom stereocenters. The summed E-state index contributed by atoms with van der Waals surface area (Å²) in [5.74, 6) is -0.166. The number of carbonyl (C=O) groups excluding carboxylic acids is 1. The van der Waals surface area contributed by atoms with Crippen LogP contribution in [0.5, 0.6) is 0 Å². The highest BCUT2D eigenvalue weighted by Gasteiger charge is 2.46. The molecular weight excluding hydrogens is 254 g/mol. The summed E-state index contributed by atoms with van der Waals surface area (Å²) in [7, 11) is 0. The van der Waals surface area contributed by atoms with Gasteiger partial charge in [-0.05, 0) is 20.8 Å². The second kappa shape index (κ2) is 4.52. The molecule has 3 rings (SSSR count). The van der Waals surface area contributed by atoms with E-state index in [-0.39, 0.29) is 17.9 Å². The summed E-state index contributed by atoms with van der Waals surface area (Å²) < 4.78 is 5.76. The van der Waals surface area contributed by atoms with Crippen LogP contribution in [0.25, 0.3) is 0 Å². The van der Waals surface area contributed by atoms with E-state index < -0.39 is 5.60 Å².